The molecule has 0 unspecified atom stereocenters. The first-order chi connectivity index (χ1) is 11.6. The van der Waals surface area contributed by atoms with E-state index in [-0.39, 0.29) is 12.6 Å². The number of carbonyl (C=O) groups excluding carboxylic acids is 1. The van der Waals surface area contributed by atoms with E-state index in [4.69, 9.17) is 4.74 Å². The Morgan fingerprint density at radius 1 is 1.29 bits per heavy atom. The van der Waals surface area contributed by atoms with E-state index in [1.165, 1.54) is 0 Å². The Labute approximate surface area is 139 Å². The van der Waals surface area contributed by atoms with Crippen molar-refractivity contribution in [2.75, 3.05) is 0 Å². The average Bonchev–Trinajstić information content (AvgIpc) is 3.21. The maximum Gasteiger partial charge on any atom is 0.272 e. The summed E-state index contributed by atoms with van der Waals surface area (Å²) in [6, 6.07) is 9.43. The van der Waals surface area contributed by atoms with Gasteiger partial charge < -0.3 is 10.1 Å². The van der Waals surface area contributed by atoms with Gasteiger partial charge in [0.15, 0.2) is 6.73 Å². The third-order valence-corrected chi connectivity index (χ3v) is 3.53. The van der Waals surface area contributed by atoms with Crippen LogP contribution in [0.3, 0.4) is 0 Å². The van der Waals surface area contributed by atoms with E-state index in [0.717, 1.165) is 16.9 Å². The van der Waals surface area contributed by atoms with Crippen LogP contribution in [-0.2, 0) is 20.3 Å². The van der Waals surface area contributed by atoms with Crippen molar-refractivity contribution in [1.29, 1.82) is 0 Å². The molecule has 1 amide bonds. The summed E-state index contributed by atoms with van der Waals surface area (Å²) in [5.41, 5.74) is 2.35. The first-order valence-corrected chi connectivity index (χ1v) is 7.59. The summed E-state index contributed by atoms with van der Waals surface area (Å²) in [4.78, 5) is 12.1. The highest BCUT2D eigenvalue weighted by Crippen LogP contribution is 2.16. The van der Waals surface area contributed by atoms with Gasteiger partial charge in [0.05, 0.1) is 6.20 Å². The van der Waals surface area contributed by atoms with Crippen molar-refractivity contribution in [3.05, 3.63) is 65.7 Å². The molecule has 0 atom stereocenters. The highest BCUT2D eigenvalue weighted by atomic mass is 16.5. The van der Waals surface area contributed by atoms with Crippen molar-refractivity contribution in [3.8, 4) is 5.75 Å². The lowest BCUT2D eigenvalue weighted by molar-refractivity contribution is 0.0944. The van der Waals surface area contributed by atoms with Gasteiger partial charge in [-0.1, -0.05) is 18.2 Å². The van der Waals surface area contributed by atoms with Crippen LogP contribution in [0, 0.1) is 6.92 Å². The van der Waals surface area contributed by atoms with Gasteiger partial charge in [-0.3, -0.25) is 9.48 Å². The second kappa shape index (κ2) is 6.99. The maximum atomic E-state index is 12.1. The van der Waals surface area contributed by atoms with E-state index < -0.39 is 0 Å². The fourth-order valence-corrected chi connectivity index (χ4v) is 2.24. The summed E-state index contributed by atoms with van der Waals surface area (Å²) in [6.07, 6.45) is 5.29. The molecule has 124 valence electrons. The summed E-state index contributed by atoms with van der Waals surface area (Å²) in [6.45, 7) is 2.65. The average molecular weight is 325 g/mol. The fraction of sp³-hybridized carbons (Fsp3) is 0.235. The molecule has 0 saturated carbocycles. The summed E-state index contributed by atoms with van der Waals surface area (Å²) in [5.74, 6) is 0.573. The smallest absolute Gasteiger partial charge is 0.272 e. The lowest BCUT2D eigenvalue weighted by atomic mass is 10.2. The number of aromatic nitrogens is 4. The number of hydrogen-bond acceptors (Lipinski definition) is 4. The molecule has 3 rings (SSSR count). The summed E-state index contributed by atoms with van der Waals surface area (Å²) < 4.78 is 8.99. The monoisotopic (exact) mass is 325 g/mol. The predicted octanol–water partition coefficient (Wildman–Crippen LogP) is 1.89. The third kappa shape index (κ3) is 3.81. The molecule has 1 aromatic carbocycles. The SMILES string of the molecule is Cc1ccccc1OCn1ccc(C(=O)NCc2cnn(C)c2)n1. The molecule has 0 saturated heterocycles. The molecule has 1 N–H and O–H groups in total. The van der Waals surface area contributed by atoms with Gasteiger partial charge in [0.2, 0.25) is 0 Å². The number of nitrogens with one attached hydrogen (secondary N) is 1. The number of ether oxygens (including phenoxy) is 1. The number of carbonyl (C=O) groups is 1. The molecule has 24 heavy (non-hydrogen) atoms. The Balaban J connectivity index is 1.54. The molecule has 7 heteroatoms. The zero-order chi connectivity index (χ0) is 16.9. The normalized spacial score (nSPS) is 10.6. The molecule has 0 aliphatic heterocycles. The molecule has 0 bridgehead atoms. The topological polar surface area (TPSA) is 74.0 Å². The number of rotatable bonds is 6. The van der Waals surface area contributed by atoms with Crippen LogP contribution in [0.25, 0.3) is 0 Å². The molecule has 0 spiro atoms. The number of benzene rings is 1. The van der Waals surface area contributed by atoms with Crippen LogP contribution in [0.2, 0.25) is 0 Å². The molecule has 0 radical (unpaired) electrons. The van der Waals surface area contributed by atoms with Crippen LogP contribution < -0.4 is 10.1 Å². The van der Waals surface area contributed by atoms with E-state index in [0.29, 0.717) is 12.2 Å². The Kier molecular flexibility index (Phi) is 4.60. The minimum atomic E-state index is -0.228. The zero-order valence-corrected chi connectivity index (χ0v) is 13.6. The third-order valence-electron chi connectivity index (χ3n) is 3.53. The first-order valence-electron chi connectivity index (χ1n) is 7.59. The Morgan fingerprint density at radius 2 is 2.12 bits per heavy atom. The van der Waals surface area contributed by atoms with E-state index >= 15 is 0 Å². The maximum absolute atomic E-state index is 12.1. The van der Waals surface area contributed by atoms with Crippen LogP contribution in [0.15, 0.2) is 48.9 Å². The Bertz CT molecular complexity index is 837. The summed E-state index contributed by atoms with van der Waals surface area (Å²) >= 11 is 0. The van der Waals surface area contributed by atoms with Crippen molar-refractivity contribution in [2.45, 2.75) is 20.2 Å². The highest BCUT2D eigenvalue weighted by Gasteiger charge is 2.10. The quantitative estimate of drug-likeness (QED) is 0.751. The zero-order valence-electron chi connectivity index (χ0n) is 13.6. The number of nitrogens with zero attached hydrogens (tertiary/aromatic N) is 4. The Hall–Kier alpha value is -3.09. The minimum Gasteiger partial charge on any atom is -0.471 e. The van der Waals surface area contributed by atoms with Gasteiger partial charge in [-0.25, -0.2) is 4.68 Å². The van der Waals surface area contributed by atoms with Gasteiger partial charge in [-0.15, -0.1) is 0 Å². The molecular weight excluding hydrogens is 306 g/mol. The largest absolute Gasteiger partial charge is 0.471 e. The number of para-hydroxylation sites is 1. The van der Waals surface area contributed by atoms with Gasteiger partial charge in [-0.2, -0.15) is 10.2 Å². The fourth-order valence-electron chi connectivity index (χ4n) is 2.24. The molecular formula is C17H19N5O2. The molecule has 7 nitrogen and oxygen atoms in total. The van der Waals surface area contributed by atoms with E-state index in [2.05, 4.69) is 15.5 Å². The number of aryl methyl sites for hydroxylation is 2. The number of amides is 1. The number of hydrogen-bond donors (Lipinski definition) is 1. The Morgan fingerprint density at radius 3 is 2.88 bits per heavy atom. The van der Waals surface area contributed by atoms with Gasteiger partial charge in [-0.05, 0) is 24.6 Å². The first kappa shape index (κ1) is 15.8. The van der Waals surface area contributed by atoms with Gasteiger partial charge in [0.1, 0.15) is 11.4 Å². The van der Waals surface area contributed by atoms with Crippen LogP contribution in [0.4, 0.5) is 0 Å². The molecule has 0 aliphatic rings. The summed E-state index contributed by atoms with van der Waals surface area (Å²) in [5, 5.41) is 11.1. The molecule has 2 aromatic heterocycles. The molecule has 2 heterocycles. The van der Waals surface area contributed by atoms with E-state index in [1.54, 1.807) is 27.8 Å². The lowest BCUT2D eigenvalue weighted by Gasteiger charge is -2.08. The second-order valence-corrected chi connectivity index (χ2v) is 5.48. The molecule has 0 aliphatic carbocycles. The van der Waals surface area contributed by atoms with Gasteiger partial charge in [0.25, 0.3) is 5.91 Å². The predicted molar refractivity (Wildman–Crippen MR) is 88.4 cm³/mol. The van der Waals surface area contributed by atoms with Crippen molar-refractivity contribution >= 4 is 5.91 Å². The molecule has 0 fully saturated rings. The molecule has 3 aromatic rings. The standard InChI is InChI=1S/C17H19N5O2/c1-13-5-3-4-6-16(13)24-12-22-8-7-15(20-22)17(23)18-9-14-10-19-21(2)11-14/h3-8,10-11H,9,12H2,1-2H3,(H,18,23). The van der Waals surface area contributed by atoms with Crippen LogP contribution in [0.5, 0.6) is 5.75 Å². The van der Waals surface area contributed by atoms with Crippen LogP contribution >= 0.6 is 0 Å². The van der Waals surface area contributed by atoms with Gasteiger partial charge >= 0.3 is 0 Å². The van der Waals surface area contributed by atoms with Crippen molar-refractivity contribution < 1.29 is 9.53 Å². The van der Waals surface area contributed by atoms with Crippen molar-refractivity contribution in [1.82, 2.24) is 24.9 Å². The van der Waals surface area contributed by atoms with Crippen molar-refractivity contribution in [3.63, 3.8) is 0 Å². The van der Waals surface area contributed by atoms with Crippen molar-refractivity contribution in [2.24, 2.45) is 7.05 Å². The van der Waals surface area contributed by atoms with Crippen LogP contribution in [-0.4, -0.2) is 25.5 Å². The lowest BCUT2D eigenvalue weighted by Crippen LogP contribution is -2.23. The second-order valence-electron chi connectivity index (χ2n) is 5.48. The summed E-state index contributed by atoms with van der Waals surface area (Å²) in [7, 11) is 1.83. The van der Waals surface area contributed by atoms with E-state index in [9.17, 15) is 4.79 Å². The minimum absolute atomic E-state index is 0.228. The van der Waals surface area contributed by atoms with Gasteiger partial charge in [0, 0.05) is 31.5 Å². The van der Waals surface area contributed by atoms with E-state index in [1.807, 2.05) is 44.4 Å². The van der Waals surface area contributed by atoms with Crippen LogP contribution in [0.1, 0.15) is 21.6 Å². The highest BCUT2D eigenvalue weighted by molar-refractivity contribution is 5.92.